The van der Waals surface area contributed by atoms with Crippen LogP contribution in [0.3, 0.4) is 0 Å². The molecule has 0 spiro atoms. The van der Waals surface area contributed by atoms with Gasteiger partial charge in [0.25, 0.3) is 0 Å². The Kier molecular flexibility index (Phi) is 6.25. The number of hydrogen-bond donors (Lipinski definition) is 1. The van der Waals surface area contributed by atoms with Crippen molar-refractivity contribution >= 4 is 6.09 Å². The van der Waals surface area contributed by atoms with Gasteiger partial charge in [-0.05, 0) is 31.2 Å². The van der Waals surface area contributed by atoms with E-state index in [1.165, 1.54) is 5.56 Å². The van der Waals surface area contributed by atoms with Crippen molar-refractivity contribution in [1.29, 1.82) is 0 Å². The standard InChI is InChI=1S/C18H27NO3/c1-2-3-13-22-17(21)19-12-11-18(14-19,15-20)10-9-16-7-5-4-6-8-16/h4-8,20H,2-3,9-15H2,1H3. The summed E-state index contributed by atoms with van der Waals surface area (Å²) in [6.07, 6.45) is 4.36. The molecule has 1 atom stereocenters. The molecule has 0 aliphatic carbocycles. The number of aliphatic hydroxyl groups excluding tert-OH is 1. The maximum atomic E-state index is 12.0. The van der Waals surface area contributed by atoms with Crippen LogP contribution in [0.4, 0.5) is 4.79 Å². The van der Waals surface area contributed by atoms with Gasteiger partial charge in [0.15, 0.2) is 0 Å². The van der Waals surface area contributed by atoms with E-state index in [1.807, 2.05) is 18.2 Å². The molecule has 4 heteroatoms. The summed E-state index contributed by atoms with van der Waals surface area (Å²) in [6, 6.07) is 10.3. The summed E-state index contributed by atoms with van der Waals surface area (Å²) < 4.78 is 5.27. The molecule has 1 heterocycles. The van der Waals surface area contributed by atoms with Crippen molar-refractivity contribution in [3.05, 3.63) is 35.9 Å². The van der Waals surface area contributed by atoms with E-state index >= 15 is 0 Å². The fourth-order valence-electron chi connectivity index (χ4n) is 2.95. The third kappa shape index (κ3) is 4.47. The van der Waals surface area contributed by atoms with Gasteiger partial charge < -0.3 is 14.7 Å². The number of nitrogens with zero attached hydrogens (tertiary/aromatic N) is 1. The summed E-state index contributed by atoms with van der Waals surface area (Å²) >= 11 is 0. The van der Waals surface area contributed by atoms with Crippen molar-refractivity contribution in [2.75, 3.05) is 26.3 Å². The van der Waals surface area contributed by atoms with Gasteiger partial charge in [0.1, 0.15) is 0 Å². The van der Waals surface area contributed by atoms with Gasteiger partial charge in [0.2, 0.25) is 0 Å². The molecule has 0 saturated carbocycles. The zero-order valence-corrected chi connectivity index (χ0v) is 13.5. The Morgan fingerprint density at radius 1 is 1.36 bits per heavy atom. The SMILES string of the molecule is CCCCOC(=O)N1CCC(CO)(CCc2ccccc2)C1. The minimum absolute atomic E-state index is 0.124. The molecule has 1 amide bonds. The van der Waals surface area contributed by atoms with Gasteiger partial charge in [-0.1, -0.05) is 43.7 Å². The van der Waals surface area contributed by atoms with Gasteiger partial charge in [-0.25, -0.2) is 4.79 Å². The Hall–Kier alpha value is -1.55. The smallest absolute Gasteiger partial charge is 0.409 e. The fraction of sp³-hybridized carbons (Fsp3) is 0.611. The van der Waals surface area contributed by atoms with Crippen LogP contribution in [0.2, 0.25) is 0 Å². The Morgan fingerprint density at radius 2 is 2.14 bits per heavy atom. The molecule has 1 aliphatic heterocycles. The zero-order chi connectivity index (χ0) is 15.8. The molecule has 4 nitrogen and oxygen atoms in total. The van der Waals surface area contributed by atoms with Crippen molar-refractivity contribution in [3.63, 3.8) is 0 Å². The van der Waals surface area contributed by atoms with E-state index < -0.39 is 0 Å². The van der Waals surface area contributed by atoms with Crippen LogP contribution in [0.5, 0.6) is 0 Å². The van der Waals surface area contributed by atoms with E-state index in [9.17, 15) is 9.90 Å². The third-order valence-corrected chi connectivity index (χ3v) is 4.54. The second kappa shape index (κ2) is 8.18. The number of likely N-dealkylation sites (tertiary alicyclic amines) is 1. The van der Waals surface area contributed by atoms with Crippen LogP contribution in [0.1, 0.15) is 38.2 Å². The summed E-state index contributed by atoms with van der Waals surface area (Å²) in [4.78, 5) is 13.8. The van der Waals surface area contributed by atoms with Crippen molar-refractivity contribution in [3.8, 4) is 0 Å². The number of benzene rings is 1. The number of rotatable bonds is 7. The summed E-state index contributed by atoms with van der Waals surface area (Å²) in [5.74, 6) is 0. The molecule has 1 aromatic carbocycles. The topological polar surface area (TPSA) is 49.8 Å². The molecule has 122 valence electrons. The van der Waals surface area contributed by atoms with Crippen molar-refractivity contribution in [2.45, 2.75) is 39.0 Å². The first-order valence-corrected chi connectivity index (χ1v) is 8.25. The highest BCUT2D eigenvalue weighted by Gasteiger charge is 2.39. The van der Waals surface area contributed by atoms with Gasteiger partial charge in [0.05, 0.1) is 13.2 Å². The first kappa shape index (κ1) is 16.8. The largest absolute Gasteiger partial charge is 0.449 e. The lowest BCUT2D eigenvalue weighted by Crippen LogP contribution is -2.35. The van der Waals surface area contributed by atoms with Crippen molar-refractivity contribution in [2.24, 2.45) is 5.41 Å². The monoisotopic (exact) mass is 305 g/mol. The first-order chi connectivity index (χ1) is 10.7. The lowest BCUT2D eigenvalue weighted by atomic mass is 9.82. The molecule has 1 aliphatic rings. The van der Waals surface area contributed by atoms with Crippen LogP contribution < -0.4 is 0 Å². The molecular weight excluding hydrogens is 278 g/mol. The van der Waals surface area contributed by atoms with Crippen LogP contribution in [-0.2, 0) is 11.2 Å². The van der Waals surface area contributed by atoms with Crippen LogP contribution in [0.25, 0.3) is 0 Å². The quantitative estimate of drug-likeness (QED) is 0.787. The highest BCUT2D eigenvalue weighted by molar-refractivity contribution is 5.68. The summed E-state index contributed by atoms with van der Waals surface area (Å²) in [6.45, 7) is 3.96. The zero-order valence-electron chi connectivity index (χ0n) is 13.5. The number of aliphatic hydroxyl groups is 1. The Morgan fingerprint density at radius 3 is 2.82 bits per heavy atom. The molecule has 1 N–H and O–H groups in total. The molecule has 0 radical (unpaired) electrons. The third-order valence-electron chi connectivity index (χ3n) is 4.54. The number of amides is 1. The molecule has 1 saturated heterocycles. The summed E-state index contributed by atoms with van der Waals surface area (Å²) in [5.41, 5.74) is 1.10. The summed E-state index contributed by atoms with van der Waals surface area (Å²) in [7, 11) is 0. The Balaban J connectivity index is 1.85. The average molecular weight is 305 g/mol. The fourth-order valence-corrected chi connectivity index (χ4v) is 2.95. The average Bonchev–Trinajstić information content (AvgIpc) is 2.99. The predicted octanol–water partition coefficient (Wildman–Crippen LogP) is 3.24. The number of ether oxygens (including phenoxy) is 1. The van der Waals surface area contributed by atoms with E-state index in [4.69, 9.17) is 4.74 Å². The van der Waals surface area contributed by atoms with E-state index in [1.54, 1.807) is 4.90 Å². The van der Waals surface area contributed by atoms with Crippen LogP contribution in [0, 0.1) is 5.41 Å². The first-order valence-electron chi connectivity index (χ1n) is 8.25. The molecule has 22 heavy (non-hydrogen) atoms. The highest BCUT2D eigenvalue weighted by atomic mass is 16.6. The lowest BCUT2D eigenvalue weighted by Gasteiger charge is -2.27. The number of hydrogen-bond acceptors (Lipinski definition) is 3. The minimum Gasteiger partial charge on any atom is -0.449 e. The Labute approximate surface area is 133 Å². The van der Waals surface area contributed by atoms with Gasteiger partial charge in [0, 0.05) is 18.5 Å². The van der Waals surface area contributed by atoms with Crippen LogP contribution >= 0.6 is 0 Å². The number of aryl methyl sites for hydroxylation is 1. The summed E-state index contributed by atoms with van der Waals surface area (Å²) in [5, 5.41) is 9.83. The van der Waals surface area contributed by atoms with Gasteiger partial charge in [-0.3, -0.25) is 0 Å². The van der Waals surface area contributed by atoms with E-state index in [2.05, 4.69) is 19.1 Å². The molecule has 0 aromatic heterocycles. The molecular formula is C18H27NO3. The molecule has 0 bridgehead atoms. The highest BCUT2D eigenvalue weighted by Crippen LogP contribution is 2.35. The minimum atomic E-state index is -0.233. The number of carbonyl (C=O) groups excluding carboxylic acids is 1. The van der Waals surface area contributed by atoms with Gasteiger partial charge in [-0.15, -0.1) is 0 Å². The second-order valence-corrected chi connectivity index (χ2v) is 6.28. The predicted molar refractivity (Wildman–Crippen MR) is 86.7 cm³/mol. The van der Waals surface area contributed by atoms with Gasteiger partial charge >= 0.3 is 6.09 Å². The van der Waals surface area contributed by atoms with E-state index in [-0.39, 0.29) is 18.1 Å². The molecule has 1 unspecified atom stereocenters. The van der Waals surface area contributed by atoms with Gasteiger partial charge in [-0.2, -0.15) is 0 Å². The van der Waals surface area contributed by atoms with E-state index in [0.29, 0.717) is 19.7 Å². The number of carbonyl (C=O) groups is 1. The Bertz CT molecular complexity index is 463. The van der Waals surface area contributed by atoms with Crippen LogP contribution in [0.15, 0.2) is 30.3 Å². The second-order valence-electron chi connectivity index (χ2n) is 6.28. The number of unbranched alkanes of at least 4 members (excludes halogenated alkanes) is 1. The molecule has 1 aromatic rings. The van der Waals surface area contributed by atoms with Crippen LogP contribution in [-0.4, -0.2) is 42.4 Å². The molecule has 1 fully saturated rings. The lowest BCUT2D eigenvalue weighted by molar-refractivity contribution is 0.0907. The maximum absolute atomic E-state index is 12.0. The normalized spacial score (nSPS) is 21.1. The van der Waals surface area contributed by atoms with E-state index in [0.717, 1.165) is 32.1 Å². The van der Waals surface area contributed by atoms with Crippen molar-refractivity contribution in [1.82, 2.24) is 4.90 Å². The maximum Gasteiger partial charge on any atom is 0.409 e. The van der Waals surface area contributed by atoms with Crippen molar-refractivity contribution < 1.29 is 14.6 Å². The molecule has 2 rings (SSSR count).